The van der Waals surface area contributed by atoms with Gasteiger partial charge in [0, 0.05) is 16.0 Å². The van der Waals surface area contributed by atoms with Gasteiger partial charge in [-0.25, -0.2) is 0 Å². The molecule has 0 atom stereocenters. The van der Waals surface area contributed by atoms with E-state index in [9.17, 15) is 0 Å². The maximum absolute atomic E-state index is 5.50. The van der Waals surface area contributed by atoms with E-state index in [0.717, 1.165) is 17.7 Å². The van der Waals surface area contributed by atoms with Gasteiger partial charge in [-0.3, -0.25) is 0 Å². The van der Waals surface area contributed by atoms with Crippen LogP contribution in [0.25, 0.3) is 0 Å². The minimum Gasteiger partial charge on any atom is -0.376 e. The van der Waals surface area contributed by atoms with Gasteiger partial charge in [-0.1, -0.05) is 13.8 Å². The van der Waals surface area contributed by atoms with Gasteiger partial charge in [0.15, 0.2) is 0 Å². The van der Waals surface area contributed by atoms with Crippen molar-refractivity contribution >= 4 is 27.3 Å². The van der Waals surface area contributed by atoms with Gasteiger partial charge in [0.05, 0.1) is 6.61 Å². The van der Waals surface area contributed by atoms with Crippen LogP contribution in [0.3, 0.4) is 0 Å². The molecule has 1 heterocycles. The zero-order valence-corrected chi connectivity index (χ0v) is 9.74. The van der Waals surface area contributed by atoms with Crippen LogP contribution in [0, 0.1) is 5.92 Å². The summed E-state index contributed by atoms with van der Waals surface area (Å²) in [6, 6.07) is 2.05. The minimum atomic E-state index is 0.615. The number of halogens is 1. The lowest BCUT2D eigenvalue weighted by molar-refractivity contribution is 0.0986. The van der Waals surface area contributed by atoms with Crippen LogP contribution >= 0.6 is 27.3 Å². The second kappa shape index (κ2) is 5.00. The van der Waals surface area contributed by atoms with Crippen LogP contribution in [0.1, 0.15) is 18.7 Å². The first-order valence-corrected chi connectivity index (χ1v) is 5.67. The third-order valence-corrected chi connectivity index (χ3v) is 3.28. The maximum atomic E-state index is 5.50. The fourth-order valence-electron chi connectivity index (χ4n) is 0.815. The minimum absolute atomic E-state index is 0.615. The fourth-order valence-corrected chi connectivity index (χ4v) is 2.22. The molecule has 0 amide bonds. The molecule has 0 N–H and O–H groups in total. The quantitative estimate of drug-likeness (QED) is 0.790. The third-order valence-electron chi connectivity index (χ3n) is 1.38. The van der Waals surface area contributed by atoms with Gasteiger partial charge in [-0.15, -0.1) is 11.3 Å². The smallest absolute Gasteiger partial charge is 0.0820 e. The number of thiophene rings is 1. The highest BCUT2D eigenvalue weighted by molar-refractivity contribution is 9.10. The zero-order valence-electron chi connectivity index (χ0n) is 7.34. The highest BCUT2D eigenvalue weighted by Crippen LogP contribution is 2.23. The average Bonchev–Trinajstić information content (AvgIpc) is 2.36. The Morgan fingerprint density at radius 2 is 2.33 bits per heavy atom. The van der Waals surface area contributed by atoms with Gasteiger partial charge in [-0.2, -0.15) is 0 Å². The summed E-state index contributed by atoms with van der Waals surface area (Å²) in [6.45, 7) is 5.88. The van der Waals surface area contributed by atoms with Crippen molar-refractivity contribution in [3.63, 3.8) is 0 Å². The van der Waals surface area contributed by atoms with E-state index >= 15 is 0 Å². The van der Waals surface area contributed by atoms with Crippen LogP contribution in [0.15, 0.2) is 15.9 Å². The Labute approximate surface area is 85.9 Å². The summed E-state index contributed by atoms with van der Waals surface area (Å²) in [6.07, 6.45) is 0. The van der Waals surface area contributed by atoms with E-state index in [1.165, 1.54) is 4.88 Å². The lowest BCUT2D eigenvalue weighted by Gasteiger charge is -2.05. The lowest BCUT2D eigenvalue weighted by atomic mass is 10.2. The molecule has 1 aromatic heterocycles. The van der Waals surface area contributed by atoms with E-state index in [4.69, 9.17) is 4.74 Å². The first-order valence-electron chi connectivity index (χ1n) is 3.99. The summed E-state index contributed by atoms with van der Waals surface area (Å²) in [5.41, 5.74) is 0. The summed E-state index contributed by atoms with van der Waals surface area (Å²) in [5, 5.41) is 2.07. The molecule has 0 fully saturated rings. The van der Waals surface area contributed by atoms with Crippen molar-refractivity contribution in [2.24, 2.45) is 5.92 Å². The molecule has 0 saturated heterocycles. The Morgan fingerprint density at radius 1 is 1.58 bits per heavy atom. The van der Waals surface area contributed by atoms with Crippen LogP contribution in [0.4, 0.5) is 0 Å². The number of hydrogen-bond acceptors (Lipinski definition) is 2. The van der Waals surface area contributed by atoms with Crippen LogP contribution in [0.5, 0.6) is 0 Å². The molecule has 0 aliphatic heterocycles. The van der Waals surface area contributed by atoms with Gasteiger partial charge >= 0.3 is 0 Å². The fraction of sp³-hybridized carbons (Fsp3) is 0.556. The summed E-state index contributed by atoms with van der Waals surface area (Å²) < 4.78 is 6.66. The molecule has 1 rings (SSSR count). The van der Waals surface area contributed by atoms with Crippen LogP contribution in [-0.4, -0.2) is 6.61 Å². The largest absolute Gasteiger partial charge is 0.376 e. The van der Waals surface area contributed by atoms with E-state index in [0.29, 0.717) is 5.92 Å². The SMILES string of the molecule is CC(C)COCc1sccc1Br. The average molecular weight is 249 g/mol. The zero-order chi connectivity index (χ0) is 8.97. The number of ether oxygens (including phenoxy) is 1. The summed E-state index contributed by atoms with van der Waals surface area (Å²) >= 11 is 5.19. The maximum Gasteiger partial charge on any atom is 0.0820 e. The molecule has 1 nitrogen and oxygen atoms in total. The molecule has 0 bridgehead atoms. The monoisotopic (exact) mass is 248 g/mol. The highest BCUT2D eigenvalue weighted by Gasteiger charge is 2.01. The van der Waals surface area contributed by atoms with Crippen molar-refractivity contribution in [2.45, 2.75) is 20.5 Å². The topological polar surface area (TPSA) is 9.23 Å². The summed E-state index contributed by atoms with van der Waals surface area (Å²) in [7, 11) is 0. The second-order valence-corrected chi connectivity index (χ2v) is 4.96. The van der Waals surface area contributed by atoms with Crippen molar-refractivity contribution in [3.8, 4) is 0 Å². The van der Waals surface area contributed by atoms with Gasteiger partial charge < -0.3 is 4.74 Å². The van der Waals surface area contributed by atoms with Gasteiger partial charge in [0.1, 0.15) is 0 Å². The molecule has 68 valence electrons. The first kappa shape index (κ1) is 10.2. The molecular formula is C9H13BrOS. The van der Waals surface area contributed by atoms with Crippen LogP contribution in [0.2, 0.25) is 0 Å². The third kappa shape index (κ3) is 3.25. The van der Waals surface area contributed by atoms with Gasteiger partial charge in [0.2, 0.25) is 0 Å². The summed E-state index contributed by atoms with van der Waals surface area (Å²) in [4.78, 5) is 1.27. The van der Waals surface area contributed by atoms with E-state index < -0.39 is 0 Å². The molecule has 0 aliphatic carbocycles. The Balaban J connectivity index is 2.29. The highest BCUT2D eigenvalue weighted by atomic mass is 79.9. The first-order chi connectivity index (χ1) is 5.70. The predicted molar refractivity (Wildman–Crippen MR) is 56.5 cm³/mol. The Hall–Kier alpha value is 0.140. The molecule has 0 aliphatic rings. The molecule has 1 aromatic rings. The van der Waals surface area contributed by atoms with Gasteiger partial charge in [-0.05, 0) is 33.3 Å². The molecule has 0 spiro atoms. The predicted octanol–water partition coefficient (Wildman–Crippen LogP) is 3.68. The van der Waals surface area contributed by atoms with Crippen molar-refractivity contribution in [1.29, 1.82) is 0 Å². The van der Waals surface area contributed by atoms with Gasteiger partial charge in [0.25, 0.3) is 0 Å². The molecule has 0 unspecified atom stereocenters. The molecule has 0 radical (unpaired) electrons. The van der Waals surface area contributed by atoms with Crippen LogP contribution in [-0.2, 0) is 11.3 Å². The lowest BCUT2D eigenvalue weighted by Crippen LogP contribution is -2.00. The van der Waals surface area contributed by atoms with Crippen LogP contribution < -0.4 is 0 Å². The van der Waals surface area contributed by atoms with E-state index in [1.807, 2.05) is 0 Å². The number of rotatable bonds is 4. The Kier molecular flexibility index (Phi) is 4.26. The molecule has 12 heavy (non-hydrogen) atoms. The van der Waals surface area contributed by atoms with E-state index in [-0.39, 0.29) is 0 Å². The van der Waals surface area contributed by atoms with Crippen molar-refractivity contribution < 1.29 is 4.74 Å². The molecular weight excluding hydrogens is 236 g/mol. The molecule has 0 saturated carbocycles. The standard InChI is InChI=1S/C9H13BrOS/c1-7(2)5-11-6-9-8(10)3-4-12-9/h3-4,7H,5-6H2,1-2H3. The normalized spacial score (nSPS) is 11.0. The molecule has 3 heteroatoms. The van der Waals surface area contributed by atoms with E-state index in [1.54, 1.807) is 11.3 Å². The number of hydrogen-bond donors (Lipinski definition) is 0. The second-order valence-electron chi connectivity index (χ2n) is 3.10. The Bertz CT molecular complexity index is 232. The Morgan fingerprint density at radius 3 is 2.83 bits per heavy atom. The van der Waals surface area contributed by atoms with Crippen molar-refractivity contribution in [2.75, 3.05) is 6.61 Å². The van der Waals surface area contributed by atoms with E-state index in [2.05, 4.69) is 41.2 Å². The van der Waals surface area contributed by atoms with Crippen molar-refractivity contribution in [1.82, 2.24) is 0 Å². The molecule has 0 aromatic carbocycles. The van der Waals surface area contributed by atoms with Crippen molar-refractivity contribution in [3.05, 3.63) is 20.8 Å². The summed E-state index contributed by atoms with van der Waals surface area (Å²) in [5.74, 6) is 0.615.